The third kappa shape index (κ3) is 2.84. The molecule has 2 aliphatic carbocycles. The number of nitrogens with one attached hydrogen (secondary N) is 1. The lowest BCUT2D eigenvalue weighted by Crippen LogP contribution is -2.40. The number of nitrogens with two attached hydrogens (primary N) is 1. The molecule has 110 valence electrons. The van der Waals surface area contributed by atoms with Crippen LogP contribution in [0.4, 0.5) is 4.79 Å². The maximum atomic E-state index is 12.3. The van der Waals surface area contributed by atoms with Crippen LogP contribution < -0.4 is 11.2 Å². The van der Waals surface area contributed by atoms with Gasteiger partial charge in [0.15, 0.2) is 0 Å². The molecule has 6 heteroatoms. The van der Waals surface area contributed by atoms with Gasteiger partial charge in [-0.05, 0) is 45.1 Å². The number of carbonyl (C=O) groups is 2. The van der Waals surface area contributed by atoms with E-state index in [0.29, 0.717) is 19.4 Å². The van der Waals surface area contributed by atoms with E-state index in [-0.39, 0.29) is 5.97 Å². The van der Waals surface area contributed by atoms with Crippen molar-refractivity contribution in [2.45, 2.75) is 45.4 Å². The number of primary amides is 1. The minimum atomic E-state index is -0.679. The Labute approximate surface area is 118 Å². The Bertz CT molecular complexity index is 470. The zero-order valence-corrected chi connectivity index (χ0v) is 11.8. The molecule has 20 heavy (non-hydrogen) atoms. The number of allylic oxidation sites excluding steroid dienone is 1. The van der Waals surface area contributed by atoms with Crippen molar-refractivity contribution in [2.75, 3.05) is 6.61 Å². The first-order valence-corrected chi connectivity index (χ1v) is 7.09. The van der Waals surface area contributed by atoms with E-state index in [0.717, 1.165) is 37.0 Å². The van der Waals surface area contributed by atoms with E-state index in [1.54, 1.807) is 0 Å². The summed E-state index contributed by atoms with van der Waals surface area (Å²) in [5, 5.41) is 3.97. The van der Waals surface area contributed by atoms with E-state index < -0.39 is 11.4 Å². The van der Waals surface area contributed by atoms with E-state index in [9.17, 15) is 9.59 Å². The normalized spacial score (nSPS) is 27.4. The van der Waals surface area contributed by atoms with Gasteiger partial charge in [0.2, 0.25) is 0 Å². The lowest BCUT2D eigenvalue weighted by atomic mass is 9.64. The average Bonchev–Trinajstić information content (AvgIpc) is 2.45. The number of esters is 1. The van der Waals surface area contributed by atoms with Gasteiger partial charge in [-0.15, -0.1) is 0 Å². The van der Waals surface area contributed by atoms with Crippen LogP contribution in [0.3, 0.4) is 0 Å². The SMILES string of the molecule is CCOC(=O)C12CCCCC1=C/C(=N/NC(N)=O)CC2. The predicted octanol–water partition coefficient (Wildman–Crippen LogP) is 1.85. The smallest absolute Gasteiger partial charge is 0.332 e. The fourth-order valence-corrected chi connectivity index (χ4v) is 3.07. The molecule has 0 saturated heterocycles. The van der Waals surface area contributed by atoms with Crippen molar-refractivity contribution >= 4 is 17.7 Å². The number of hydrazone groups is 1. The molecule has 0 spiro atoms. The Hall–Kier alpha value is -1.85. The fourth-order valence-electron chi connectivity index (χ4n) is 3.07. The van der Waals surface area contributed by atoms with Crippen molar-refractivity contribution in [1.29, 1.82) is 0 Å². The number of ether oxygens (including phenoxy) is 1. The molecule has 0 heterocycles. The highest BCUT2D eigenvalue weighted by Gasteiger charge is 2.46. The maximum absolute atomic E-state index is 12.3. The van der Waals surface area contributed by atoms with Crippen LogP contribution in [0.5, 0.6) is 0 Å². The number of amides is 2. The van der Waals surface area contributed by atoms with E-state index >= 15 is 0 Å². The van der Waals surface area contributed by atoms with Crippen LogP contribution in [0.2, 0.25) is 0 Å². The molecule has 0 aliphatic heterocycles. The van der Waals surface area contributed by atoms with Crippen molar-refractivity contribution in [2.24, 2.45) is 16.3 Å². The van der Waals surface area contributed by atoms with Crippen LogP contribution in [0.25, 0.3) is 0 Å². The molecule has 2 amide bonds. The number of rotatable bonds is 3. The zero-order chi connectivity index (χ0) is 14.6. The van der Waals surface area contributed by atoms with Gasteiger partial charge < -0.3 is 10.5 Å². The highest BCUT2D eigenvalue weighted by molar-refractivity contribution is 5.99. The molecule has 1 atom stereocenters. The van der Waals surface area contributed by atoms with Gasteiger partial charge in [0.25, 0.3) is 0 Å². The summed E-state index contributed by atoms with van der Waals surface area (Å²) < 4.78 is 5.27. The Kier molecular flexibility index (Phi) is 4.42. The van der Waals surface area contributed by atoms with Crippen molar-refractivity contribution in [3.8, 4) is 0 Å². The third-order valence-electron chi connectivity index (χ3n) is 4.04. The monoisotopic (exact) mass is 279 g/mol. The largest absolute Gasteiger partial charge is 0.465 e. The number of fused-ring (bicyclic) bond motifs is 1. The molecule has 3 N–H and O–H groups in total. The summed E-state index contributed by atoms with van der Waals surface area (Å²) in [6.45, 7) is 2.23. The lowest BCUT2D eigenvalue weighted by molar-refractivity contribution is -0.154. The van der Waals surface area contributed by atoms with Gasteiger partial charge in [0.1, 0.15) is 0 Å². The first kappa shape index (κ1) is 14.6. The Morgan fingerprint density at radius 3 is 2.90 bits per heavy atom. The third-order valence-corrected chi connectivity index (χ3v) is 4.04. The first-order valence-electron chi connectivity index (χ1n) is 7.09. The fraction of sp³-hybridized carbons (Fsp3) is 0.643. The second kappa shape index (κ2) is 6.07. The van der Waals surface area contributed by atoms with Crippen LogP contribution in [0.1, 0.15) is 45.4 Å². The van der Waals surface area contributed by atoms with Gasteiger partial charge in [-0.1, -0.05) is 12.0 Å². The maximum Gasteiger partial charge on any atom is 0.332 e. The van der Waals surface area contributed by atoms with E-state index in [4.69, 9.17) is 10.5 Å². The van der Waals surface area contributed by atoms with Gasteiger partial charge in [0, 0.05) is 0 Å². The molecule has 6 nitrogen and oxygen atoms in total. The van der Waals surface area contributed by atoms with Crippen LogP contribution in [0.15, 0.2) is 16.8 Å². The lowest BCUT2D eigenvalue weighted by Gasteiger charge is -2.40. The molecule has 0 aromatic carbocycles. The quantitative estimate of drug-likeness (QED) is 0.610. The minimum Gasteiger partial charge on any atom is -0.465 e. The van der Waals surface area contributed by atoms with Gasteiger partial charge in [-0.25, -0.2) is 10.2 Å². The van der Waals surface area contributed by atoms with Crippen molar-refractivity contribution in [3.63, 3.8) is 0 Å². The molecule has 2 aliphatic rings. The number of hydrogen-bond acceptors (Lipinski definition) is 4. The summed E-state index contributed by atoms with van der Waals surface area (Å²) in [6, 6.07) is -0.679. The topological polar surface area (TPSA) is 93.8 Å². The van der Waals surface area contributed by atoms with Crippen molar-refractivity contribution < 1.29 is 14.3 Å². The first-order chi connectivity index (χ1) is 9.58. The summed E-state index contributed by atoms with van der Waals surface area (Å²) in [7, 11) is 0. The second-order valence-electron chi connectivity index (χ2n) is 5.26. The van der Waals surface area contributed by atoms with Crippen molar-refractivity contribution in [3.05, 3.63) is 11.6 Å². The molecule has 1 saturated carbocycles. The Morgan fingerprint density at radius 1 is 1.40 bits per heavy atom. The van der Waals surface area contributed by atoms with Crippen LogP contribution in [0, 0.1) is 5.41 Å². The van der Waals surface area contributed by atoms with Gasteiger partial charge >= 0.3 is 12.0 Å². The average molecular weight is 279 g/mol. The molecule has 0 aromatic rings. The molecule has 1 unspecified atom stereocenters. The van der Waals surface area contributed by atoms with E-state index in [2.05, 4.69) is 10.5 Å². The van der Waals surface area contributed by atoms with Crippen LogP contribution >= 0.6 is 0 Å². The van der Waals surface area contributed by atoms with Gasteiger partial charge in [-0.2, -0.15) is 5.10 Å². The summed E-state index contributed by atoms with van der Waals surface area (Å²) in [5.74, 6) is -0.118. The predicted molar refractivity (Wildman–Crippen MR) is 75.0 cm³/mol. The molecule has 0 aromatic heterocycles. The summed E-state index contributed by atoms with van der Waals surface area (Å²) in [5.41, 5.74) is 8.62. The van der Waals surface area contributed by atoms with Crippen LogP contribution in [-0.4, -0.2) is 24.3 Å². The highest BCUT2D eigenvalue weighted by Crippen LogP contribution is 2.47. The Balaban J connectivity index is 2.24. The molecule has 0 bridgehead atoms. The second-order valence-corrected chi connectivity index (χ2v) is 5.26. The molecule has 2 rings (SSSR count). The van der Waals surface area contributed by atoms with E-state index in [1.165, 1.54) is 0 Å². The van der Waals surface area contributed by atoms with Crippen LogP contribution in [-0.2, 0) is 9.53 Å². The number of hydrogen-bond donors (Lipinski definition) is 2. The molecular formula is C14H21N3O3. The standard InChI is InChI=1S/C14H21N3O3/c1-2-20-12(18)14-7-4-3-5-10(14)9-11(6-8-14)16-17-13(15)19/h9H,2-8H2,1H3,(H3,15,17,19)/b16-11+. The molecule has 0 radical (unpaired) electrons. The summed E-state index contributed by atoms with van der Waals surface area (Å²) >= 11 is 0. The zero-order valence-electron chi connectivity index (χ0n) is 11.8. The molecule has 1 fully saturated rings. The molecular weight excluding hydrogens is 258 g/mol. The van der Waals surface area contributed by atoms with Crippen molar-refractivity contribution in [1.82, 2.24) is 5.43 Å². The summed E-state index contributed by atoms with van der Waals surface area (Å²) in [6.07, 6.45) is 7.10. The Morgan fingerprint density at radius 2 is 2.20 bits per heavy atom. The van der Waals surface area contributed by atoms with Gasteiger partial charge in [0.05, 0.1) is 17.7 Å². The number of nitrogens with zero attached hydrogens (tertiary/aromatic N) is 1. The van der Waals surface area contributed by atoms with Gasteiger partial charge in [-0.3, -0.25) is 4.79 Å². The number of carbonyl (C=O) groups excluding carboxylic acids is 2. The highest BCUT2D eigenvalue weighted by atomic mass is 16.5. The minimum absolute atomic E-state index is 0.118. The van der Waals surface area contributed by atoms with E-state index in [1.807, 2.05) is 13.0 Å². The number of urea groups is 1. The summed E-state index contributed by atoms with van der Waals surface area (Å²) in [4.78, 5) is 23.0.